The molecule has 0 bridgehead atoms. The Morgan fingerprint density at radius 1 is 0.296 bits per heavy atom. The van der Waals surface area contributed by atoms with Crippen LogP contribution in [0.5, 0.6) is 0 Å². The Bertz CT molecular complexity index is 1230. The molecular weight excluding hydrogens is 877 g/mol. The van der Waals surface area contributed by atoms with E-state index in [0.717, 1.165) is 70.6 Å². The van der Waals surface area contributed by atoms with E-state index in [2.05, 4.69) is 69.4 Å². The lowest BCUT2D eigenvalue weighted by atomic mass is 10.0. The number of allylic oxidation sites excluding steroid dienone is 8. The zero-order chi connectivity index (χ0) is 51.4. The third-order valence-corrected chi connectivity index (χ3v) is 13.9. The van der Waals surface area contributed by atoms with E-state index >= 15 is 0 Å². The maximum Gasteiger partial charge on any atom is 0.306 e. The van der Waals surface area contributed by atoms with Gasteiger partial charge in [-0.05, 0) is 64.2 Å². The van der Waals surface area contributed by atoms with E-state index in [1.165, 1.54) is 218 Å². The molecule has 0 rings (SSSR count). The molecule has 1 atom stereocenters. The highest BCUT2D eigenvalue weighted by Crippen LogP contribution is 2.17. The SMILES string of the molecule is CC\C=C/C=C\C=C/CCCCCCCCCC(=O)OCC(COC(=O)CCCCCCCCC/C=C\CCCCCCCCCC)OC(=O)CCCCCCCCCCCCCCCCCCCCC. The minimum Gasteiger partial charge on any atom is -0.462 e. The summed E-state index contributed by atoms with van der Waals surface area (Å²) >= 11 is 0. The predicted molar refractivity (Wildman–Crippen MR) is 307 cm³/mol. The molecule has 0 radical (unpaired) electrons. The summed E-state index contributed by atoms with van der Waals surface area (Å²) in [5.41, 5.74) is 0. The second kappa shape index (κ2) is 59.9. The molecule has 0 aliphatic rings. The first kappa shape index (κ1) is 68.4. The van der Waals surface area contributed by atoms with Crippen molar-refractivity contribution in [3.63, 3.8) is 0 Å². The van der Waals surface area contributed by atoms with Crippen molar-refractivity contribution in [3.05, 3.63) is 48.6 Å². The number of hydrogen-bond acceptors (Lipinski definition) is 6. The van der Waals surface area contributed by atoms with Gasteiger partial charge in [0.1, 0.15) is 13.2 Å². The highest BCUT2D eigenvalue weighted by atomic mass is 16.6. The van der Waals surface area contributed by atoms with Gasteiger partial charge in [-0.15, -0.1) is 0 Å². The maximum absolute atomic E-state index is 12.9. The molecule has 0 aliphatic carbocycles. The Morgan fingerprint density at radius 3 is 0.887 bits per heavy atom. The molecule has 0 heterocycles. The first-order valence-corrected chi connectivity index (χ1v) is 31.2. The van der Waals surface area contributed by atoms with Crippen LogP contribution >= 0.6 is 0 Å². The Labute approximate surface area is 441 Å². The normalized spacial score (nSPS) is 12.3. The standard InChI is InChI=1S/C65H118O6/c1-4-7-10-13-16-19-22-25-28-30-32-34-37-40-43-46-49-52-55-58-64(67)70-61-62(60-69-63(66)57-54-51-48-45-42-39-36-27-24-21-18-15-12-9-6-3)71-65(68)59-56-53-50-47-44-41-38-35-33-31-29-26-23-20-17-14-11-8-5-2/h9,12,15,18,21,24,30,32,62H,4-8,10-11,13-14,16-17,19-20,22-23,25-29,31,33-61H2,1-3H3/b12-9-,18-15-,24-21-,32-30-. The third-order valence-electron chi connectivity index (χ3n) is 13.9. The van der Waals surface area contributed by atoms with E-state index in [1.54, 1.807) is 0 Å². The van der Waals surface area contributed by atoms with Crippen molar-refractivity contribution >= 4 is 17.9 Å². The molecule has 0 aromatic heterocycles. The van der Waals surface area contributed by atoms with Gasteiger partial charge < -0.3 is 14.2 Å². The van der Waals surface area contributed by atoms with Gasteiger partial charge in [0.25, 0.3) is 0 Å². The van der Waals surface area contributed by atoms with Crippen LogP contribution < -0.4 is 0 Å². The largest absolute Gasteiger partial charge is 0.462 e. The monoisotopic (exact) mass is 995 g/mol. The van der Waals surface area contributed by atoms with Crippen LogP contribution in [-0.4, -0.2) is 37.2 Å². The minimum absolute atomic E-state index is 0.0760. The summed E-state index contributed by atoms with van der Waals surface area (Å²) in [5, 5.41) is 0. The number of unbranched alkanes of at least 4 members (excludes halogenated alkanes) is 40. The van der Waals surface area contributed by atoms with Crippen molar-refractivity contribution in [1.29, 1.82) is 0 Å². The Hall–Kier alpha value is -2.63. The molecule has 414 valence electrons. The van der Waals surface area contributed by atoms with E-state index in [1.807, 2.05) is 0 Å². The molecule has 0 aliphatic heterocycles. The van der Waals surface area contributed by atoms with Crippen molar-refractivity contribution in [3.8, 4) is 0 Å². The Kier molecular flexibility index (Phi) is 57.7. The minimum atomic E-state index is -0.778. The molecule has 0 spiro atoms. The van der Waals surface area contributed by atoms with Gasteiger partial charge in [0.2, 0.25) is 0 Å². The fraction of sp³-hybridized carbons (Fsp3) is 0.831. The zero-order valence-corrected chi connectivity index (χ0v) is 47.5. The molecule has 0 N–H and O–H groups in total. The molecule has 71 heavy (non-hydrogen) atoms. The number of esters is 3. The fourth-order valence-corrected chi connectivity index (χ4v) is 9.21. The van der Waals surface area contributed by atoms with Crippen LogP contribution in [0.25, 0.3) is 0 Å². The molecule has 1 unspecified atom stereocenters. The molecule has 0 fully saturated rings. The van der Waals surface area contributed by atoms with E-state index < -0.39 is 6.10 Å². The lowest BCUT2D eigenvalue weighted by Crippen LogP contribution is -2.30. The van der Waals surface area contributed by atoms with Gasteiger partial charge in [0.15, 0.2) is 6.10 Å². The summed E-state index contributed by atoms with van der Waals surface area (Å²) < 4.78 is 16.9. The highest BCUT2D eigenvalue weighted by Gasteiger charge is 2.19. The first-order valence-electron chi connectivity index (χ1n) is 31.2. The van der Waals surface area contributed by atoms with Crippen LogP contribution in [0.2, 0.25) is 0 Å². The van der Waals surface area contributed by atoms with Gasteiger partial charge in [-0.25, -0.2) is 0 Å². The van der Waals surface area contributed by atoms with Crippen molar-refractivity contribution in [2.45, 2.75) is 335 Å². The summed E-state index contributed by atoms with van der Waals surface area (Å²) in [4.78, 5) is 38.3. The topological polar surface area (TPSA) is 78.9 Å². The van der Waals surface area contributed by atoms with Gasteiger partial charge in [0.05, 0.1) is 0 Å². The van der Waals surface area contributed by atoms with Crippen LogP contribution in [0.3, 0.4) is 0 Å². The van der Waals surface area contributed by atoms with E-state index in [9.17, 15) is 14.4 Å². The zero-order valence-electron chi connectivity index (χ0n) is 47.5. The van der Waals surface area contributed by atoms with Gasteiger partial charge in [0, 0.05) is 19.3 Å². The average Bonchev–Trinajstić information content (AvgIpc) is 3.37. The third kappa shape index (κ3) is 58.1. The molecule has 0 aromatic carbocycles. The van der Waals surface area contributed by atoms with Crippen molar-refractivity contribution in [2.75, 3.05) is 13.2 Å². The second-order valence-corrected chi connectivity index (χ2v) is 21.0. The van der Waals surface area contributed by atoms with Crippen LogP contribution in [0.4, 0.5) is 0 Å². The lowest BCUT2D eigenvalue weighted by Gasteiger charge is -2.18. The quantitative estimate of drug-likeness (QED) is 0.0199. The van der Waals surface area contributed by atoms with E-state index in [4.69, 9.17) is 14.2 Å². The predicted octanol–water partition coefficient (Wildman–Crippen LogP) is 21.0. The van der Waals surface area contributed by atoms with Crippen molar-refractivity contribution in [2.24, 2.45) is 0 Å². The number of carbonyl (C=O) groups is 3. The Balaban J connectivity index is 4.34. The molecular formula is C65H118O6. The molecule has 6 nitrogen and oxygen atoms in total. The molecule has 0 saturated carbocycles. The smallest absolute Gasteiger partial charge is 0.306 e. The number of carbonyl (C=O) groups excluding carboxylic acids is 3. The van der Waals surface area contributed by atoms with Gasteiger partial charge in [-0.2, -0.15) is 0 Å². The lowest BCUT2D eigenvalue weighted by molar-refractivity contribution is -0.167. The highest BCUT2D eigenvalue weighted by molar-refractivity contribution is 5.71. The first-order chi connectivity index (χ1) is 35.0. The summed E-state index contributed by atoms with van der Waals surface area (Å²) in [6.45, 7) is 6.55. The molecule has 6 heteroatoms. The summed E-state index contributed by atoms with van der Waals surface area (Å²) in [6.07, 6.45) is 74.0. The van der Waals surface area contributed by atoms with Crippen LogP contribution in [-0.2, 0) is 28.6 Å². The summed E-state index contributed by atoms with van der Waals surface area (Å²) in [6, 6.07) is 0. The van der Waals surface area contributed by atoms with E-state index in [-0.39, 0.29) is 31.1 Å². The van der Waals surface area contributed by atoms with Crippen LogP contribution in [0.15, 0.2) is 48.6 Å². The van der Waals surface area contributed by atoms with Gasteiger partial charge >= 0.3 is 17.9 Å². The fourth-order valence-electron chi connectivity index (χ4n) is 9.21. The van der Waals surface area contributed by atoms with Crippen molar-refractivity contribution in [1.82, 2.24) is 0 Å². The second-order valence-electron chi connectivity index (χ2n) is 21.0. The Morgan fingerprint density at radius 2 is 0.563 bits per heavy atom. The average molecular weight is 996 g/mol. The summed E-state index contributed by atoms with van der Waals surface area (Å²) in [7, 11) is 0. The van der Waals surface area contributed by atoms with Crippen LogP contribution in [0.1, 0.15) is 329 Å². The van der Waals surface area contributed by atoms with Gasteiger partial charge in [-0.1, -0.05) is 294 Å². The number of ether oxygens (including phenoxy) is 3. The molecule has 0 amide bonds. The maximum atomic E-state index is 12.9. The summed E-state index contributed by atoms with van der Waals surface area (Å²) in [5.74, 6) is -0.872. The number of rotatable bonds is 57. The van der Waals surface area contributed by atoms with E-state index in [0.29, 0.717) is 19.3 Å². The number of hydrogen-bond donors (Lipinski definition) is 0. The van der Waals surface area contributed by atoms with Crippen molar-refractivity contribution < 1.29 is 28.6 Å². The molecule has 0 saturated heterocycles. The van der Waals surface area contributed by atoms with Gasteiger partial charge in [-0.3, -0.25) is 14.4 Å². The molecule has 0 aromatic rings. The van der Waals surface area contributed by atoms with Crippen LogP contribution in [0, 0.1) is 0 Å².